The predicted molar refractivity (Wildman–Crippen MR) is 67.9 cm³/mol. The van der Waals surface area contributed by atoms with Crippen molar-refractivity contribution in [3.63, 3.8) is 0 Å². The molecule has 0 fully saturated rings. The van der Waals surface area contributed by atoms with Crippen LogP contribution in [-0.2, 0) is 6.42 Å². The average molecular weight is 202 g/mol. The molecule has 0 heterocycles. The minimum absolute atomic E-state index is 0.671. The Balaban J connectivity index is 2.31. The highest BCUT2D eigenvalue weighted by molar-refractivity contribution is 5.14. The van der Waals surface area contributed by atoms with E-state index in [1.54, 1.807) is 0 Å². The second-order valence-electron chi connectivity index (χ2n) is 4.63. The Labute approximate surface area is 94.0 Å². The molecule has 0 aliphatic carbocycles. The molecule has 0 unspecified atom stereocenters. The predicted octanol–water partition coefficient (Wildman–Crippen LogP) is 4.47. The maximum atomic E-state index is 2.34. The van der Waals surface area contributed by atoms with Gasteiger partial charge >= 0.3 is 0 Å². The lowest BCUT2D eigenvalue weighted by Gasteiger charge is -2.06. The largest absolute Gasteiger partial charge is 0.0857 e. The van der Waals surface area contributed by atoms with Gasteiger partial charge in [0, 0.05) is 0 Å². The van der Waals surface area contributed by atoms with E-state index in [0.717, 1.165) is 0 Å². The summed E-state index contributed by atoms with van der Waals surface area (Å²) in [6.07, 6.45) is 7.07. The van der Waals surface area contributed by atoms with Crippen LogP contribution < -0.4 is 0 Å². The molecule has 1 aromatic carbocycles. The molecule has 0 aliphatic rings. The Kier molecular flexibility index (Phi) is 5.17. The molecule has 0 nitrogen and oxygen atoms in total. The van der Waals surface area contributed by atoms with Gasteiger partial charge in [-0.25, -0.2) is 0 Å². The molecule has 0 heteroatoms. The van der Waals surface area contributed by atoms with Crippen molar-refractivity contribution in [3.8, 4) is 0 Å². The van der Waals surface area contributed by atoms with E-state index in [4.69, 9.17) is 0 Å². The van der Waals surface area contributed by atoms with E-state index in [0.29, 0.717) is 11.8 Å². The third kappa shape index (κ3) is 5.41. The van der Waals surface area contributed by atoms with Crippen LogP contribution in [0, 0.1) is 11.8 Å². The summed E-state index contributed by atoms with van der Waals surface area (Å²) in [4.78, 5) is 0. The van der Waals surface area contributed by atoms with Crippen molar-refractivity contribution in [2.75, 3.05) is 0 Å². The highest BCUT2D eigenvalue weighted by atomic mass is 14.0. The lowest BCUT2D eigenvalue weighted by molar-refractivity contribution is 0.640. The number of hydrogen-bond donors (Lipinski definition) is 0. The first-order valence-corrected chi connectivity index (χ1v) is 5.90. The van der Waals surface area contributed by atoms with Crippen molar-refractivity contribution >= 4 is 0 Å². The molecule has 0 radical (unpaired) electrons. The summed E-state index contributed by atoms with van der Waals surface area (Å²) < 4.78 is 0. The van der Waals surface area contributed by atoms with E-state index in [1.807, 2.05) is 0 Å². The van der Waals surface area contributed by atoms with Crippen LogP contribution in [0.3, 0.4) is 0 Å². The van der Waals surface area contributed by atoms with E-state index in [-0.39, 0.29) is 0 Å². The van der Waals surface area contributed by atoms with Crippen LogP contribution in [0.2, 0.25) is 0 Å². The van der Waals surface area contributed by atoms with Gasteiger partial charge in [0.05, 0.1) is 0 Å². The summed E-state index contributed by atoms with van der Waals surface area (Å²) in [5.74, 6) is 1.36. The minimum atomic E-state index is 0.671. The fourth-order valence-electron chi connectivity index (χ4n) is 1.55. The zero-order chi connectivity index (χ0) is 11.1. The van der Waals surface area contributed by atoms with E-state index in [9.17, 15) is 0 Å². The third-order valence-corrected chi connectivity index (χ3v) is 2.56. The van der Waals surface area contributed by atoms with Gasteiger partial charge in [0.25, 0.3) is 0 Å². The van der Waals surface area contributed by atoms with E-state index < -0.39 is 0 Å². The fourth-order valence-corrected chi connectivity index (χ4v) is 1.55. The van der Waals surface area contributed by atoms with Gasteiger partial charge in [-0.1, -0.05) is 63.3 Å². The summed E-state index contributed by atoms with van der Waals surface area (Å²) in [7, 11) is 0. The van der Waals surface area contributed by atoms with E-state index in [1.165, 1.54) is 18.4 Å². The summed E-state index contributed by atoms with van der Waals surface area (Å²) in [5, 5.41) is 0. The second-order valence-corrected chi connectivity index (χ2v) is 4.63. The maximum absolute atomic E-state index is 2.34. The molecule has 0 N–H and O–H groups in total. The Hall–Kier alpha value is -1.04. The first-order valence-electron chi connectivity index (χ1n) is 5.90. The Morgan fingerprint density at radius 2 is 1.67 bits per heavy atom. The number of hydrogen-bond acceptors (Lipinski definition) is 0. The summed E-state index contributed by atoms with van der Waals surface area (Å²) in [6, 6.07) is 10.7. The van der Waals surface area contributed by atoms with Gasteiger partial charge in [-0.3, -0.25) is 0 Å². The minimum Gasteiger partial charge on any atom is -0.0857 e. The van der Waals surface area contributed by atoms with E-state index in [2.05, 4.69) is 63.3 Å². The molecule has 1 atom stereocenters. The Morgan fingerprint density at radius 3 is 2.27 bits per heavy atom. The first-order chi connectivity index (χ1) is 7.18. The quantitative estimate of drug-likeness (QED) is 0.618. The highest BCUT2D eigenvalue weighted by Gasteiger charge is 1.98. The monoisotopic (exact) mass is 202 g/mol. The van der Waals surface area contributed by atoms with Crippen LogP contribution in [0.15, 0.2) is 42.5 Å². The Bertz CT molecular complexity index is 282. The van der Waals surface area contributed by atoms with Crippen molar-refractivity contribution in [1.29, 1.82) is 0 Å². The SMILES string of the molecule is CC(C)/C=C/[C@@H](C)CCc1ccccc1. The highest BCUT2D eigenvalue weighted by Crippen LogP contribution is 2.11. The molecular weight excluding hydrogens is 180 g/mol. The molecule has 82 valence electrons. The Morgan fingerprint density at radius 1 is 1.00 bits per heavy atom. The second kappa shape index (κ2) is 6.44. The van der Waals surface area contributed by atoms with Gasteiger partial charge in [-0.05, 0) is 30.2 Å². The third-order valence-electron chi connectivity index (χ3n) is 2.56. The number of rotatable bonds is 5. The first kappa shape index (κ1) is 12.0. The van der Waals surface area contributed by atoms with Crippen LogP contribution in [0.1, 0.15) is 32.8 Å². The van der Waals surface area contributed by atoms with Crippen LogP contribution in [-0.4, -0.2) is 0 Å². The normalized spacial score (nSPS) is 13.6. The molecule has 1 rings (SSSR count). The van der Waals surface area contributed by atoms with Crippen LogP contribution in [0.25, 0.3) is 0 Å². The molecular formula is C15H22. The molecule has 0 saturated heterocycles. The molecule has 15 heavy (non-hydrogen) atoms. The molecule has 1 aromatic rings. The molecule has 0 aromatic heterocycles. The van der Waals surface area contributed by atoms with Crippen molar-refractivity contribution in [2.45, 2.75) is 33.6 Å². The molecule has 0 spiro atoms. The van der Waals surface area contributed by atoms with Gasteiger partial charge in [0.15, 0.2) is 0 Å². The molecule has 0 saturated carbocycles. The lowest BCUT2D eigenvalue weighted by atomic mass is 9.99. The summed E-state index contributed by atoms with van der Waals surface area (Å²) in [5.41, 5.74) is 1.45. The van der Waals surface area contributed by atoms with Crippen LogP contribution in [0.5, 0.6) is 0 Å². The van der Waals surface area contributed by atoms with Gasteiger partial charge < -0.3 is 0 Å². The number of benzene rings is 1. The standard InChI is InChI=1S/C15H22/c1-13(2)9-10-14(3)11-12-15-7-5-4-6-8-15/h4-10,13-14H,11-12H2,1-3H3/b10-9+/t14-/m1/s1. The smallest absolute Gasteiger partial charge is 0.0259 e. The molecule has 0 aliphatic heterocycles. The zero-order valence-electron chi connectivity index (χ0n) is 10.1. The number of allylic oxidation sites excluding steroid dienone is 2. The molecule has 0 bridgehead atoms. The van der Waals surface area contributed by atoms with Gasteiger partial charge in [-0.2, -0.15) is 0 Å². The van der Waals surface area contributed by atoms with Crippen molar-refractivity contribution in [2.24, 2.45) is 11.8 Å². The zero-order valence-corrected chi connectivity index (χ0v) is 10.1. The number of aryl methyl sites for hydroxylation is 1. The van der Waals surface area contributed by atoms with Gasteiger partial charge in [-0.15, -0.1) is 0 Å². The van der Waals surface area contributed by atoms with Crippen molar-refractivity contribution < 1.29 is 0 Å². The maximum Gasteiger partial charge on any atom is -0.0259 e. The van der Waals surface area contributed by atoms with Gasteiger partial charge in [0.2, 0.25) is 0 Å². The summed E-state index contributed by atoms with van der Waals surface area (Å²) >= 11 is 0. The molecule has 0 amide bonds. The fraction of sp³-hybridized carbons (Fsp3) is 0.467. The topological polar surface area (TPSA) is 0 Å². The summed E-state index contributed by atoms with van der Waals surface area (Å²) in [6.45, 7) is 6.74. The average Bonchev–Trinajstić information content (AvgIpc) is 2.25. The van der Waals surface area contributed by atoms with Gasteiger partial charge in [0.1, 0.15) is 0 Å². The van der Waals surface area contributed by atoms with Crippen molar-refractivity contribution in [1.82, 2.24) is 0 Å². The van der Waals surface area contributed by atoms with Crippen molar-refractivity contribution in [3.05, 3.63) is 48.0 Å². The van der Waals surface area contributed by atoms with Crippen LogP contribution in [0.4, 0.5) is 0 Å². The van der Waals surface area contributed by atoms with E-state index >= 15 is 0 Å². The van der Waals surface area contributed by atoms with Crippen LogP contribution >= 0.6 is 0 Å². The lowest BCUT2D eigenvalue weighted by Crippen LogP contribution is -1.94.